The summed E-state index contributed by atoms with van der Waals surface area (Å²) >= 11 is 15.3. The van der Waals surface area contributed by atoms with Crippen LogP contribution in [0.25, 0.3) is 0 Å². The van der Waals surface area contributed by atoms with Crippen LogP contribution in [0.5, 0.6) is 0 Å². The Labute approximate surface area is 134 Å². The molecule has 104 valence electrons. The summed E-state index contributed by atoms with van der Waals surface area (Å²) in [6.45, 7) is 0.231. The van der Waals surface area contributed by atoms with Gasteiger partial charge in [-0.3, -0.25) is 10.1 Å². The molecule has 0 bridgehead atoms. The monoisotopic (exact) mass is 374 g/mol. The normalized spacial score (nSPS) is 10.3. The molecule has 0 aliphatic carbocycles. The third-order valence-corrected chi connectivity index (χ3v) is 3.96. The molecule has 0 spiro atoms. The molecule has 2 rings (SSSR count). The van der Waals surface area contributed by atoms with Gasteiger partial charge in [0.1, 0.15) is 0 Å². The van der Waals surface area contributed by atoms with E-state index in [0.29, 0.717) is 15.6 Å². The summed E-state index contributed by atoms with van der Waals surface area (Å²) in [4.78, 5) is 10.5. The molecular weight excluding hydrogens is 367 g/mol. The molecule has 0 unspecified atom stereocenters. The molecule has 0 radical (unpaired) electrons. The lowest BCUT2D eigenvalue weighted by Crippen LogP contribution is -2.04. The van der Waals surface area contributed by atoms with Crippen LogP contribution in [0.4, 0.5) is 11.4 Å². The van der Waals surface area contributed by atoms with Crippen molar-refractivity contribution in [2.45, 2.75) is 6.54 Å². The Morgan fingerprint density at radius 2 is 2.00 bits per heavy atom. The van der Waals surface area contributed by atoms with Gasteiger partial charge in [0, 0.05) is 22.1 Å². The van der Waals surface area contributed by atoms with Crippen molar-refractivity contribution in [1.82, 2.24) is 0 Å². The third-order valence-electron chi connectivity index (χ3n) is 2.67. The number of hydrogen-bond acceptors (Lipinski definition) is 3. The van der Waals surface area contributed by atoms with Gasteiger partial charge in [0.2, 0.25) is 0 Å². The Hall–Kier alpha value is -1.30. The van der Waals surface area contributed by atoms with Gasteiger partial charge in [-0.25, -0.2) is 0 Å². The summed E-state index contributed by atoms with van der Waals surface area (Å²) in [6, 6.07) is 9.88. The molecule has 0 saturated heterocycles. The van der Waals surface area contributed by atoms with Crippen LogP contribution in [0.1, 0.15) is 5.56 Å². The molecule has 2 aromatic rings. The number of nitro groups is 1. The number of halogens is 3. The quantitative estimate of drug-likeness (QED) is 0.584. The summed E-state index contributed by atoms with van der Waals surface area (Å²) in [7, 11) is 0. The Balaban J connectivity index is 2.27. The van der Waals surface area contributed by atoms with E-state index in [1.807, 2.05) is 0 Å². The lowest BCUT2D eigenvalue weighted by molar-refractivity contribution is -0.385. The van der Waals surface area contributed by atoms with E-state index in [-0.39, 0.29) is 12.2 Å². The Bertz CT molecular complexity index is 665. The zero-order valence-corrected chi connectivity index (χ0v) is 13.2. The largest absolute Gasteiger partial charge is 0.380 e. The van der Waals surface area contributed by atoms with E-state index >= 15 is 0 Å². The number of benzene rings is 2. The van der Waals surface area contributed by atoms with Crippen LogP contribution in [0.2, 0.25) is 10.0 Å². The Morgan fingerprint density at radius 1 is 1.25 bits per heavy atom. The van der Waals surface area contributed by atoms with E-state index < -0.39 is 4.92 Å². The summed E-state index contributed by atoms with van der Waals surface area (Å²) in [6.07, 6.45) is 0. The SMILES string of the molecule is O=[N+]([O-])c1cccc(Cl)c1CNc1cc(Cl)ccc1Br. The molecule has 0 aromatic heterocycles. The van der Waals surface area contributed by atoms with Crippen molar-refractivity contribution in [1.29, 1.82) is 0 Å². The second kappa shape index (κ2) is 6.43. The van der Waals surface area contributed by atoms with Gasteiger partial charge >= 0.3 is 0 Å². The van der Waals surface area contributed by atoms with Gasteiger partial charge in [0.25, 0.3) is 5.69 Å². The molecule has 0 atom stereocenters. The zero-order valence-electron chi connectivity index (χ0n) is 10.1. The van der Waals surface area contributed by atoms with Crippen LogP contribution in [0, 0.1) is 10.1 Å². The molecule has 0 amide bonds. The highest BCUT2D eigenvalue weighted by atomic mass is 79.9. The fourth-order valence-electron chi connectivity index (χ4n) is 1.71. The van der Waals surface area contributed by atoms with E-state index in [2.05, 4.69) is 21.2 Å². The minimum Gasteiger partial charge on any atom is -0.380 e. The molecule has 0 heterocycles. The number of nitro benzene ring substituents is 1. The summed E-state index contributed by atoms with van der Waals surface area (Å²) in [5, 5.41) is 15.0. The van der Waals surface area contributed by atoms with Crippen molar-refractivity contribution in [2.75, 3.05) is 5.32 Å². The molecule has 1 N–H and O–H groups in total. The predicted octanol–water partition coefficient (Wildman–Crippen LogP) is 5.28. The van der Waals surface area contributed by atoms with Crippen molar-refractivity contribution in [3.8, 4) is 0 Å². The number of nitrogens with zero attached hydrogens (tertiary/aromatic N) is 1. The van der Waals surface area contributed by atoms with E-state index in [1.165, 1.54) is 6.07 Å². The van der Waals surface area contributed by atoms with E-state index in [0.717, 1.165) is 10.2 Å². The molecule has 0 aliphatic rings. The van der Waals surface area contributed by atoms with Crippen molar-refractivity contribution < 1.29 is 4.92 Å². The second-order valence-electron chi connectivity index (χ2n) is 3.97. The highest BCUT2D eigenvalue weighted by molar-refractivity contribution is 9.10. The van der Waals surface area contributed by atoms with E-state index in [1.54, 1.807) is 30.3 Å². The number of hydrogen-bond donors (Lipinski definition) is 1. The third kappa shape index (κ3) is 3.42. The molecule has 4 nitrogen and oxygen atoms in total. The lowest BCUT2D eigenvalue weighted by Gasteiger charge is -2.10. The zero-order chi connectivity index (χ0) is 14.7. The van der Waals surface area contributed by atoms with Gasteiger partial charge in [0.05, 0.1) is 21.2 Å². The molecule has 20 heavy (non-hydrogen) atoms. The second-order valence-corrected chi connectivity index (χ2v) is 5.67. The van der Waals surface area contributed by atoms with Crippen LogP contribution < -0.4 is 5.32 Å². The number of anilines is 1. The number of nitrogens with one attached hydrogen (secondary N) is 1. The van der Waals surface area contributed by atoms with Crippen molar-refractivity contribution in [3.05, 3.63) is 66.6 Å². The minimum absolute atomic E-state index is 0.0110. The average molecular weight is 376 g/mol. The van der Waals surface area contributed by atoms with Gasteiger partial charge in [-0.1, -0.05) is 29.3 Å². The summed E-state index contributed by atoms with van der Waals surface area (Å²) < 4.78 is 0.816. The van der Waals surface area contributed by atoms with Crippen molar-refractivity contribution >= 4 is 50.5 Å². The highest BCUT2D eigenvalue weighted by Crippen LogP contribution is 2.30. The first-order valence-electron chi connectivity index (χ1n) is 5.59. The lowest BCUT2D eigenvalue weighted by atomic mass is 10.1. The first-order valence-corrected chi connectivity index (χ1v) is 7.14. The van der Waals surface area contributed by atoms with Gasteiger partial charge in [0.15, 0.2) is 0 Å². The fourth-order valence-corrected chi connectivity index (χ4v) is 2.51. The first-order chi connectivity index (χ1) is 9.49. The number of rotatable bonds is 4. The average Bonchev–Trinajstić information content (AvgIpc) is 2.40. The predicted molar refractivity (Wildman–Crippen MR) is 84.6 cm³/mol. The van der Waals surface area contributed by atoms with Gasteiger partial charge in [-0.05, 0) is 40.2 Å². The summed E-state index contributed by atoms with van der Waals surface area (Å²) in [5.41, 5.74) is 1.17. The van der Waals surface area contributed by atoms with Crippen LogP contribution in [0.3, 0.4) is 0 Å². The first kappa shape index (κ1) is 15.1. The fraction of sp³-hybridized carbons (Fsp3) is 0.0769. The van der Waals surface area contributed by atoms with Crippen LogP contribution >= 0.6 is 39.1 Å². The maximum atomic E-state index is 11.0. The van der Waals surface area contributed by atoms with Crippen LogP contribution in [-0.2, 0) is 6.54 Å². The summed E-state index contributed by atoms with van der Waals surface area (Å²) in [5.74, 6) is 0. The maximum Gasteiger partial charge on any atom is 0.275 e. The Morgan fingerprint density at radius 3 is 2.70 bits per heavy atom. The van der Waals surface area contributed by atoms with E-state index in [4.69, 9.17) is 23.2 Å². The molecule has 2 aromatic carbocycles. The molecule has 0 fully saturated rings. The van der Waals surface area contributed by atoms with Crippen molar-refractivity contribution in [2.24, 2.45) is 0 Å². The smallest absolute Gasteiger partial charge is 0.275 e. The molecule has 0 saturated carbocycles. The minimum atomic E-state index is -0.449. The van der Waals surface area contributed by atoms with Gasteiger partial charge < -0.3 is 5.32 Å². The highest BCUT2D eigenvalue weighted by Gasteiger charge is 2.16. The molecule has 0 aliphatic heterocycles. The van der Waals surface area contributed by atoms with Gasteiger partial charge in [-0.15, -0.1) is 0 Å². The van der Waals surface area contributed by atoms with E-state index in [9.17, 15) is 10.1 Å². The van der Waals surface area contributed by atoms with Crippen LogP contribution in [0.15, 0.2) is 40.9 Å². The maximum absolute atomic E-state index is 11.0. The topological polar surface area (TPSA) is 55.2 Å². The van der Waals surface area contributed by atoms with Gasteiger partial charge in [-0.2, -0.15) is 0 Å². The molecule has 7 heteroatoms. The van der Waals surface area contributed by atoms with Crippen LogP contribution in [-0.4, -0.2) is 4.92 Å². The molecular formula is C13H9BrCl2N2O2. The standard InChI is InChI=1S/C13H9BrCl2N2O2/c14-10-5-4-8(15)6-12(10)17-7-9-11(16)2-1-3-13(9)18(19)20/h1-6,17H,7H2. The van der Waals surface area contributed by atoms with Crippen molar-refractivity contribution in [3.63, 3.8) is 0 Å². The Kier molecular flexibility index (Phi) is 4.86.